The van der Waals surface area contributed by atoms with Gasteiger partial charge < -0.3 is 15.7 Å². The molecule has 0 radical (unpaired) electrons. The van der Waals surface area contributed by atoms with Gasteiger partial charge in [0.25, 0.3) is 0 Å². The third-order valence-corrected chi connectivity index (χ3v) is 3.44. The molecule has 0 aliphatic heterocycles. The van der Waals surface area contributed by atoms with E-state index in [1.165, 1.54) is 16.4 Å². The van der Waals surface area contributed by atoms with Crippen LogP contribution in [0.4, 0.5) is 0 Å². The number of methoxy groups -OCH3 is 1. The number of hydrogen-bond donors (Lipinski definition) is 2. The van der Waals surface area contributed by atoms with Crippen molar-refractivity contribution in [2.45, 2.75) is 10.1 Å². The second-order valence-electron chi connectivity index (χ2n) is 3.53. The number of nitrogens with two attached hydrogens (primary N) is 1. The average Bonchev–Trinajstić information content (AvgIpc) is 2.83. The predicted molar refractivity (Wildman–Crippen MR) is 68.4 cm³/mol. The quantitative estimate of drug-likeness (QED) is 0.362. The SMILES string of the molecule is COc1ccc(/C(N)=N/O)c(Sc2nnnn2C)c1. The van der Waals surface area contributed by atoms with Gasteiger partial charge in [-0.2, -0.15) is 0 Å². The molecule has 100 valence electrons. The Morgan fingerprint density at radius 2 is 2.32 bits per heavy atom. The number of hydrogen-bond acceptors (Lipinski definition) is 7. The number of aryl methyl sites for hydroxylation is 1. The fourth-order valence-electron chi connectivity index (χ4n) is 1.39. The molecule has 1 aromatic heterocycles. The summed E-state index contributed by atoms with van der Waals surface area (Å²) < 4.78 is 6.69. The Labute approximate surface area is 113 Å². The van der Waals surface area contributed by atoms with Crippen molar-refractivity contribution < 1.29 is 9.94 Å². The summed E-state index contributed by atoms with van der Waals surface area (Å²) in [5.74, 6) is 0.674. The van der Waals surface area contributed by atoms with Crippen LogP contribution in [0.5, 0.6) is 5.75 Å². The fraction of sp³-hybridized carbons (Fsp3) is 0.200. The van der Waals surface area contributed by atoms with E-state index < -0.39 is 0 Å². The number of benzene rings is 1. The molecule has 0 bridgehead atoms. The van der Waals surface area contributed by atoms with Crippen molar-refractivity contribution in [3.8, 4) is 5.75 Å². The van der Waals surface area contributed by atoms with Crippen molar-refractivity contribution in [2.24, 2.45) is 17.9 Å². The van der Waals surface area contributed by atoms with Gasteiger partial charge >= 0.3 is 0 Å². The normalized spacial score (nSPS) is 11.6. The molecule has 0 amide bonds. The second-order valence-corrected chi connectivity index (χ2v) is 4.54. The molecule has 8 nitrogen and oxygen atoms in total. The predicted octanol–water partition coefficient (Wildman–Crippen LogP) is 0.464. The van der Waals surface area contributed by atoms with E-state index >= 15 is 0 Å². The molecule has 9 heteroatoms. The summed E-state index contributed by atoms with van der Waals surface area (Å²) in [4.78, 5) is 0.729. The molecule has 3 N–H and O–H groups in total. The summed E-state index contributed by atoms with van der Waals surface area (Å²) in [5, 5.41) is 23.6. The Balaban J connectivity index is 2.44. The highest BCUT2D eigenvalue weighted by Gasteiger charge is 2.13. The molecule has 0 unspecified atom stereocenters. The lowest BCUT2D eigenvalue weighted by atomic mass is 10.2. The lowest BCUT2D eigenvalue weighted by molar-refractivity contribution is 0.318. The van der Waals surface area contributed by atoms with Gasteiger partial charge in [-0.05, 0) is 40.4 Å². The van der Waals surface area contributed by atoms with E-state index in [9.17, 15) is 0 Å². The standard InChI is InChI=1S/C10H12N6O2S/c1-16-10(12-14-15-16)19-8-5-6(18-2)3-4-7(8)9(11)13-17/h3-5,17H,1-2H3,(H2,11,13). The second kappa shape index (κ2) is 5.57. The van der Waals surface area contributed by atoms with Gasteiger partial charge in [0.1, 0.15) is 5.75 Å². The molecule has 19 heavy (non-hydrogen) atoms. The van der Waals surface area contributed by atoms with Crippen LogP contribution in [0.2, 0.25) is 0 Å². The van der Waals surface area contributed by atoms with Crippen LogP contribution in [0.1, 0.15) is 5.56 Å². The van der Waals surface area contributed by atoms with Crippen LogP contribution in [0.25, 0.3) is 0 Å². The zero-order chi connectivity index (χ0) is 13.8. The minimum atomic E-state index is 0.0141. The maximum Gasteiger partial charge on any atom is 0.213 e. The van der Waals surface area contributed by atoms with E-state index in [2.05, 4.69) is 20.7 Å². The van der Waals surface area contributed by atoms with Crippen molar-refractivity contribution in [3.63, 3.8) is 0 Å². The van der Waals surface area contributed by atoms with Gasteiger partial charge in [-0.3, -0.25) is 0 Å². The summed E-state index contributed by atoms with van der Waals surface area (Å²) in [6.45, 7) is 0. The molecule has 0 aliphatic carbocycles. The first-order valence-electron chi connectivity index (χ1n) is 5.22. The van der Waals surface area contributed by atoms with Gasteiger partial charge in [-0.25, -0.2) is 4.68 Å². The molecule has 0 spiro atoms. The topological polar surface area (TPSA) is 111 Å². The minimum Gasteiger partial charge on any atom is -0.497 e. The molecule has 0 saturated heterocycles. The van der Waals surface area contributed by atoms with Crippen LogP contribution < -0.4 is 10.5 Å². The zero-order valence-corrected chi connectivity index (χ0v) is 11.1. The molecular formula is C10H12N6O2S. The van der Waals surface area contributed by atoms with Crippen molar-refractivity contribution in [3.05, 3.63) is 23.8 Å². The molecular weight excluding hydrogens is 268 g/mol. The number of tetrazole rings is 1. The van der Waals surface area contributed by atoms with Crippen LogP contribution in [0.15, 0.2) is 33.4 Å². The molecule has 0 atom stereocenters. The molecule has 1 heterocycles. The third kappa shape index (κ3) is 2.76. The summed E-state index contributed by atoms with van der Waals surface area (Å²) in [6.07, 6.45) is 0. The first kappa shape index (κ1) is 13.1. The largest absolute Gasteiger partial charge is 0.497 e. The molecule has 2 aromatic rings. The van der Waals surface area contributed by atoms with Crippen molar-refractivity contribution in [2.75, 3.05) is 7.11 Å². The number of ether oxygens (including phenoxy) is 1. The number of oxime groups is 1. The van der Waals surface area contributed by atoms with E-state index in [1.807, 2.05) is 0 Å². The number of nitrogens with zero attached hydrogens (tertiary/aromatic N) is 5. The highest BCUT2D eigenvalue weighted by atomic mass is 32.2. The van der Waals surface area contributed by atoms with Crippen LogP contribution in [0, 0.1) is 0 Å². The summed E-state index contributed by atoms with van der Waals surface area (Å²) in [6, 6.07) is 5.21. The van der Waals surface area contributed by atoms with Crippen molar-refractivity contribution in [1.29, 1.82) is 0 Å². The monoisotopic (exact) mass is 280 g/mol. The van der Waals surface area contributed by atoms with Crippen LogP contribution >= 0.6 is 11.8 Å². The smallest absolute Gasteiger partial charge is 0.213 e. The van der Waals surface area contributed by atoms with Crippen LogP contribution in [0.3, 0.4) is 0 Å². The highest BCUT2D eigenvalue weighted by Crippen LogP contribution is 2.31. The molecule has 2 rings (SSSR count). The fourth-order valence-corrected chi connectivity index (χ4v) is 2.29. The first-order valence-corrected chi connectivity index (χ1v) is 6.03. The van der Waals surface area contributed by atoms with E-state index in [-0.39, 0.29) is 5.84 Å². The highest BCUT2D eigenvalue weighted by molar-refractivity contribution is 7.99. The average molecular weight is 280 g/mol. The van der Waals surface area contributed by atoms with Crippen LogP contribution in [-0.2, 0) is 7.05 Å². The summed E-state index contributed by atoms with van der Waals surface area (Å²) in [5.41, 5.74) is 6.22. The summed E-state index contributed by atoms with van der Waals surface area (Å²) in [7, 11) is 3.29. The Bertz CT molecular complexity index is 612. The van der Waals surface area contributed by atoms with E-state index in [1.54, 1.807) is 32.4 Å². The maximum absolute atomic E-state index is 8.80. The number of rotatable bonds is 4. The van der Waals surface area contributed by atoms with Crippen LogP contribution in [-0.4, -0.2) is 38.4 Å². The van der Waals surface area contributed by atoms with Gasteiger partial charge in [-0.15, -0.1) is 5.10 Å². The summed E-state index contributed by atoms with van der Waals surface area (Å²) >= 11 is 1.30. The molecule has 0 aliphatic rings. The van der Waals surface area contributed by atoms with Crippen molar-refractivity contribution in [1.82, 2.24) is 20.2 Å². The number of aromatic nitrogens is 4. The maximum atomic E-state index is 8.80. The first-order chi connectivity index (χ1) is 9.15. The Kier molecular flexibility index (Phi) is 3.85. The van der Waals surface area contributed by atoms with Gasteiger partial charge in [-0.1, -0.05) is 5.16 Å². The van der Waals surface area contributed by atoms with Gasteiger partial charge in [0.05, 0.1) is 7.11 Å². The molecule has 0 saturated carbocycles. The lowest BCUT2D eigenvalue weighted by Crippen LogP contribution is -2.14. The lowest BCUT2D eigenvalue weighted by Gasteiger charge is -2.09. The Morgan fingerprint density at radius 3 is 2.89 bits per heavy atom. The molecule has 0 fully saturated rings. The molecule has 1 aromatic carbocycles. The minimum absolute atomic E-state index is 0.0141. The third-order valence-electron chi connectivity index (χ3n) is 2.35. The Hall–Kier alpha value is -2.29. The van der Waals surface area contributed by atoms with E-state index in [0.717, 1.165) is 4.90 Å². The van der Waals surface area contributed by atoms with Gasteiger partial charge in [0.15, 0.2) is 5.84 Å². The van der Waals surface area contributed by atoms with Gasteiger partial charge in [0, 0.05) is 17.5 Å². The van der Waals surface area contributed by atoms with Crippen molar-refractivity contribution >= 4 is 17.6 Å². The Morgan fingerprint density at radius 1 is 1.53 bits per heavy atom. The van der Waals surface area contributed by atoms with E-state index in [0.29, 0.717) is 16.5 Å². The zero-order valence-electron chi connectivity index (χ0n) is 10.3. The number of amidine groups is 1. The van der Waals surface area contributed by atoms with E-state index in [4.69, 9.17) is 15.7 Å². The van der Waals surface area contributed by atoms with Gasteiger partial charge in [0.2, 0.25) is 5.16 Å².